The number of amides is 1. The Morgan fingerprint density at radius 1 is 0.931 bits per heavy atom. The van der Waals surface area contributed by atoms with Crippen LogP contribution in [-0.4, -0.2) is 16.7 Å². The lowest BCUT2D eigenvalue weighted by Gasteiger charge is -2.12. The highest BCUT2D eigenvalue weighted by Gasteiger charge is 2.11. The van der Waals surface area contributed by atoms with Gasteiger partial charge >= 0.3 is 0 Å². The number of thioether (sulfide) groups is 1. The standard InChI is InChI=1S/C24H20N2O2S/c1-29-22-12-5-4-11-21(22)25-24(28)19-13-14-23(27)26(16-19)15-18-9-6-8-17-7-2-3-10-20(17)18/h2-14,16H,15H2,1H3,(H,25,28). The van der Waals surface area contributed by atoms with E-state index in [1.165, 1.54) is 6.07 Å². The summed E-state index contributed by atoms with van der Waals surface area (Å²) in [6.45, 7) is 0.405. The van der Waals surface area contributed by atoms with Gasteiger partial charge in [0.05, 0.1) is 17.8 Å². The number of rotatable bonds is 5. The number of hydrogen-bond donors (Lipinski definition) is 1. The van der Waals surface area contributed by atoms with E-state index >= 15 is 0 Å². The van der Waals surface area contributed by atoms with Crippen molar-refractivity contribution < 1.29 is 4.79 Å². The van der Waals surface area contributed by atoms with E-state index in [-0.39, 0.29) is 11.5 Å². The van der Waals surface area contributed by atoms with Crippen LogP contribution in [-0.2, 0) is 6.54 Å². The van der Waals surface area contributed by atoms with Crippen molar-refractivity contribution in [1.29, 1.82) is 0 Å². The maximum Gasteiger partial charge on any atom is 0.257 e. The van der Waals surface area contributed by atoms with E-state index in [9.17, 15) is 9.59 Å². The Morgan fingerprint density at radius 3 is 2.55 bits per heavy atom. The molecule has 0 aliphatic rings. The third kappa shape index (κ3) is 4.10. The van der Waals surface area contributed by atoms with Crippen LogP contribution in [0.2, 0.25) is 0 Å². The molecule has 0 bridgehead atoms. The van der Waals surface area contributed by atoms with Crippen LogP contribution in [0.5, 0.6) is 0 Å². The van der Waals surface area contributed by atoms with E-state index in [1.807, 2.05) is 60.9 Å². The Kier molecular flexibility index (Phi) is 5.49. The minimum absolute atomic E-state index is 0.140. The number of benzene rings is 3. The van der Waals surface area contributed by atoms with Gasteiger partial charge in [0.1, 0.15) is 0 Å². The Labute approximate surface area is 173 Å². The molecule has 1 aromatic heterocycles. The highest BCUT2D eigenvalue weighted by Crippen LogP contribution is 2.25. The summed E-state index contributed by atoms with van der Waals surface area (Å²) in [7, 11) is 0. The van der Waals surface area contributed by atoms with E-state index < -0.39 is 0 Å². The van der Waals surface area contributed by atoms with Crippen molar-refractivity contribution in [1.82, 2.24) is 4.57 Å². The van der Waals surface area contributed by atoms with Gasteiger partial charge in [0.2, 0.25) is 0 Å². The lowest BCUT2D eigenvalue weighted by molar-refractivity contribution is 0.102. The summed E-state index contributed by atoms with van der Waals surface area (Å²) < 4.78 is 1.58. The van der Waals surface area contributed by atoms with E-state index in [1.54, 1.807) is 28.6 Å². The molecule has 1 heterocycles. The molecule has 0 radical (unpaired) electrons. The van der Waals surface area contributed by atoms with Gasteiger partial charge in [0, 0.05) is 17.2 Å². The number of para-hydroxylation sites is 1. The van der Waals surface area contributed by atoms with E-state index in [2.05, 4.69) is 17.4 Å². The molecule has 0 aliphatic carbocycles. The molecule has 1 N–H and O–H groups in total. The predicted molar refractivity (Wildman–Crippen MR) is 120 cm³/mol. The SMILES string of the molecule is CSc1ccccc1NC(=O)c1ccc(=O)n(Cc2cccc3ccccc23)c1. The average Bonchev–Trinajstić information content (AvgIpc) is 2.76. The lowest BCUT2D eigenvalue weighted by Crippen LogP contribution is -2.22. The fourth-order valence-corrected chi connectivity index (χ4v) is 3.90. The molecule has 0 saturated heterocycles. The van der Waals surface area contributed by atoms with Crippen LogP contribution in [0.4, 0.5) is 5.69 Å². The number of anilines is 1. The topological polar surface area (TPSA) is 51.1 Å². The number of nitrogens with one attached hydrogen (secondary N) is 1. The summed E-state index contributed by atoms with van der Waals surface area (Å²) in [6.07, 6.45) is 3.59. The third-order valence-electron chi connectivity index (χ3n) is 4.82. The summed E-state index contributed by atoms with van der Waals surface area (Å²) in [5.74, 6) is -0.238. The molecule has 3 aromatic carbocycles. The molecule has 0 atom stereocenters. The highest BCUT2D eigenvalue weighted by atomic mass is 32.2. The minimum atomic E-state index is -0.238. The summed E-state index contributed by atoms with van der Waals surface area (Å²) in [4.78, 5) is 26.2. The molecule has 29 heavy (non-hydrogen) atoms. The molecule has 144 valence electrons. The molecule has 0 fully saturated rings. The maximum absolute atomic E-state index is 12.8. The van der Waals surface area contributed by atoms with Crippen molar-refractivity contribution >= 4 is 34.1 Å². The average molecular weight is 401 g/mol. The molecular weight excluding hydrogens is 380 g/mol. The lowest BCUT2D eigenvalue weighted by atomic mass is 10.0. The second-order valence-corrected chi connectivity index (χ2v) is 7.52. The molecular formula is C24H20N2O2S. The Balaban J connectivity index is 1.64. The van der Waals surface area contributed by atoms with Crippen molar-refractivity contribution in [3.8, 4) is 0 Å². The monoisotopic (exact) mass is 400 g/mol. The first-order valence-corrected chi connectivity index (χ1v) is 10.5. The smallest absolute Gasteiger partial charge is 0.257 e. The number of fused-ring (bicyclic) bond motifs is 1. The summed E-state index contributed by atoms with van der Waals surface area (Å²) in [5, 5.41) is 5.17. The van der Waals surface area contributed by atoms with Gasteiger partial charge in [-0.3, -0.25) is 9.59 Å². The quantitative estimate of drug-likeness (QED) is 0.478. The van der Waals surface area contributed by atoms with Crippen molar-refractivity contribution in [2.24, 2.45) is 0 Å². The molecule has 4 rings (SSSR count). The van der Waals surface area contributed by atoms with Crippen molar-refractivity contribution in [3.63, 3.8) is 0 Å². The second kappa shape index (κ2) is 8.37. The van der Waals surface area contributed by atoms with Gasteiger partial charge in [-0.2, -0.15) is 0 Å². The summed E-state index contributed by atoms with van der Waals surface area (Å²) in [5.41, 5.74) is 2.10. The van der Waals surface area contributed by atoms with Crippen molar-refractivity contribution in [2.75, 3.05) is 11.6 Å². The molecule has 0 spiro atoms. The zero-order valence-corrected chi connectivity index (χ0v) is 16.8. The third-order valence-corrected chi connectivity index (χ3v) is 5.62. The van der Waals surface area contributed by atoms with Gasteiger partial charge in [0.25, 0.3) is 11.5 Å². The number of carbonyl (C=O) groups excluding carboxylic acids is 1. The number of hydrogen-bond acceptors (Lipinski definition) is 3. The zero-order chi connectivity index (χ0) is 20.2. The van der Waals surface area contributed by atoms with Crippen LogP contribution in [0.15, 0.2) is 94.7 Å². The number of aromatic nitrogens is 1. The Morgan fingerprint density at radius 2 is 1.69 bits per heavy atom. The van der Waals surface area contributed by atoms with Crippen LogP contribution in [0.1, 0.15) is 15.9 Å². The van der Waals surface area contributed by atoms with Crippen LogP contribution in [0, 0.1) is 0 Å². The first-order chi connectivity index (χ1) is 14.2. The van der Waals surface area contributed by atoms with Crippen LogP contribution in [0.25, 0.3) is 10.8 Å². The first-order valence-electron chi connectivity index (χ1n) is 9.27. The second-order valence-electron chi connectivity index (χ2n) is 6.68. The highest BCUT2D eigenvalue weighted by molar-refractivity contribution is 7.98. The number of pyridine rings is 1. The van der Waals surface area contributed by atoms with Gasteiger partial charge in [-0.25, -0.2) is 0 Å². The van der Waals surface area contributed by atoms with E-state index in [4.69, 9.17) is 0 Å². The minimum Gasteiger partial charge on any atom is -0.321 e. The van der Waals surface area contributed by atoms with Gasteiger partial charge < -0.3 is 9.88 Å². The summed E-state index contributed by atoms with van der Waals surface area (Å²) >= 11 is 1.57. The fourth-order valence-electron chi connectivity index (χ4n) is 3.35. The van der Waals surface area contributed by atoms with E-state index in [0.717, 1.165) is 26.9 Å². The molecule has 4 nitrogen and oxygen atoms in total. The molecule has 1 amide bonds. The molecule has 0 unspecified atom stereocenters. The normalized spacial score (nSPS) is 10.8. The van der Waals surface area contributed by atoms with Crippen LogP contribution >= 0.6 is 11.8 Å². The van der Waals surface area contributed by atoms with Gasteiger partial charge in [-0.05, 0) is 40.8 Å². The van der Waals surface area contributed by atoms with Gasteiger partial charge in [-0.1, -0.05) is 54.6 Å². The first kappa shape index (κ1) is 19.0. The van der Waals surface area contributed by atoms with Gasteiger partial charge in [-0.15, -0.1) is 11.8 Å². The number of carbonyl (C=O) groups is 1. The van der Waals surface area contributed by atoms with Crippen molar-refractivity contribution in [3.05, 3.63) is 107 Å². The Hall–Kier alpha value is -3.31. The molecule has 5 heteroatoms. The maximum atomic E-state index is 12.8. The fraction of sp³-hybridized carbons (Fsp3) is 0.0833. The predicted octanol–water partition coefficient (Wildman–Crippen LogP) is 5.02. The van der Waals surface area contributed by atoms with Crippen molar-refractivity contribution in [2.45, 2.75) is 11.4 Å². The largest absolute Gasteiger partial charge is 0.321 e. The van der Waals surface area contributed by atoms with Crippen LogP contribution < -0.4 is 10.9 Å². The van der Waals surface area contributed by atoms with Crippen LogP contribution in [0.3, 0.4) is 0 Å². The molecule has 0 aliphatic heterocycles. The molecule has 0 saturated carbocycles. The molecule has 4 aromatic rings. The van der Waals surface area contributed by atoms with Gasteiger partial charge in [0.15, 0.2) is 0 Å². The summed E-state index contributed by atoms with van der Waals surface area (Å²) in [6, 6.07) is 24.8. The van der Waals surface area contributed by atoms with E-state index in [0.29, 0.717) is 12.1 Å². The Bertz CT molecular complexity index is 1240. The zero-order valence-electron chi connectivity index (χ0n) is 16.0. The number of nitrogens with zero attached hydrogens (tertiary/aromatic N) is 1.